The molecule has 1 aromatic carbocycles. The van der Waals surface area contributed by atoms with Crippen molar-refractivity contribution in [2.45, 2.75) is 32.1 Å². The topological polar surface area (TPSA) is 64.1 Å². The van der Waals surface area contributed by atoms with Crippen LogP contribution in [0.3, 0.4) is 0 Å². The minimum absolute atomic E-state index is 0.518. The number of thioether (sulfide) groups is 1. The van der Waals surface area contributed by atoms with Crippen LogP contribution in [0.4, 0.5) is 10.5 Å². The number of benzene rings is 1. The normalized spacial score (nSPS) is 11.1. The average molecular weight is 331 g/mol. The molecule has 0 aliphatic rings. The highest BCUT2D eigenvalue weighted by Crippen LogP contribution is 2.26. The highest BCUT2D eigenvalue weighted by atomic mass is 32.2. The predicted molar refractivity (Wildman–Crippen MR) is 94.5 cm³/mol. The van der Waals surface area contributed by atoms with E-state index in [1.54, 1.807) is 18.0 Å². The fourth-order valence-corrected chi connectivity index (χ4v) is 2.34. The Labute approximate surface area is 140 Å². The van der Waals surface area contributed by atoms with E-state index in [1.807, 2.05) is 57.4 Å². The van der Waals surface area contributed by atoms with Gasteiger partial charge in [-0.3, -0.25) is 5.32 Å². The van der Waals surface area contributed by atoms with Gasteiger partial charge in [0.15, 0.2) is 0 Å². The summed E-state index contributed by atoms with van der Waals surface area (Å²) in [5.41, 5.74) is 1.59. The molecule has 0 fully saturated rings. The van der Waals surface area contributed by atoms with E-state index in [-0.39, 0.29) is 0 Å². The fraction of sp³-hybridized carbons (Fsp3) is 0.353. The zero-order chi connectivity index (χ0) is 16.9. The smallest absolute Gasteiger partial charge is 0.412 e. The number of ether oxygens (including phenoxy) is 1. The van der Waals surface area contributed by atoms with E-state index < -0.39 is 11.7 Å². The quantitative estimate of drug-likeness (QED) is 0.902. The summed E-state index contributed by atoms with van der Waals surface area (Å²) in [6, 6.07) is 9.71. The van der Waals surface area contributed by atoms with Crippen molar-refractivity contribution >= 4 is 23.5 Å². The molecule has 0 spiro atoms. The van der Waals surface area contributed by atoms with Crippen molar-refractivity contribution in [3.05, 3.63) is 42.4 Å². The van der Waals surface area contributed by atoms with Gasteiger partial charge in [-0.25, -0.2) is 14.8 Å². The standard InChI is InChI=1S/C17H21N3O2S/c1-17(2,3)22-16(21)19-13-10-18-14(11-23-4)20-15(13)12-8-6-5-7-9-12/h5-10H,11H2,1-4H3,(H,19,21). The summed E-state index contributed by atoms with van der Waals surface area (Å²) in [4.78, 5) is 20.9. The molecule has 1 aromatic heterocycles. The van der Waals surface area contributed by atoms with Gasteiger partial charge in [0.25, 0.3) is 0 Å². The van der Waals surface area contributed by atoms with Crippen molar-refractivity contribution in [1.82, 2.24) is 9.97 Å². The van der Waals surface area contributed by atoms with E-state index in [0.29, 0.717) is 17.1 Å². The number of hydrogen-bond donors (Lipinski definition) is 1. The Balaban J connectivity index is 2.33. The van der Waals surface area contributed by atoms with Crippen molar-refractivity contribution in [1.29, 1.82) is 0 Å². The number of carbonyl (C=O) groups is 1. The number of anilines is 1. The summed E-state index contributed by atoms with van der Waals surface area (Å²) >= 11 is 1.65. The Kier molecular flexibility index (Phi) is 5.60. The van der Waals surface area contributed by atoms with Gasteiger partial charge in [-0.05, 0) is 27.0 Å². The second-order valence-electron chi connectivity index (χ2n) is 5.97. The van der Waals surface area contributed by atoms with Gasteiger partial charge in [0.1, 0.15) is 11.4 Å². The van der Waals surface area contributed by atoms with Crippen molar-refractivity contribution in [2.24, 2.45) is 0 Å². The molecule has 2 rings (SSSR count). The van der Waals surface area contributed by atoms with Crippen LogP contribution < -0.4 is 5.32 Å². The van der Waals surface area contributed by atoms with E-state index >= 15 is 0 Å². The Hall–Kier alpha value is -2.08. The molecule has 0 aliphatic heterocycles. The molecule has 1 amide bonds. The van der Waals surface area contributed by atoms with Crippen LogP contribution in [-0.2, 0) is 10.5 Å². The highest BCUT2D eigenvalue weighted by molar-refractivity contribution is 7.97. The number of rotatable bonds is 4. The molecule has 1 N–H and O–H groups in total. The largest absolute Gasteiger partial charge is 0.444 e. The van der Waals surface area contributed by atoms with Gasteiger partial charge in [-0.15, -0.1) is 0 Å². The van der Waals surface area contributed by atoms with Gasteiger partial charge in [-0.1, -0.05) is 30.3 Å². The third-order valence-corrected chi connectivity index (χ3v) is 3.34. The molecule has 0 atom stereocenters. The Morgan fingerprint density at radius 3 is 2.57 bits per heavy atom. The van der Waals surface area contributed by atoms with E-state index in [1.165, 1.54) is 0 Å². The first-order valence-corrected chi connectivity index (χ1v) is 8.69. The van der Waals surface area contributed by atoms with Crippen molar-refractivity contribution < 1.29 is 9.53 Å². The van der Waals surface area contributed by atoms with Crippen molar-refractivity contribution in [3.63, 3.8) is 0 Å². The SMILES string of the molecule is CSCc1ncc(NC(=O)OC(C)(C)C)c(-c2ccccc2)n1. The monoisotopic (exact) mass is 331 g/mol. The molecular weight excluding hydrogens is 310 g/mol. The zero-order valence-electron chi connectivity index (χ0n) is 13.8. The van der Waals surface area contributed by atoms with Crippen LogP contribution in [-0.4, -0.2) is 27.9 Å². The van der Waals surface area contributed by atoms with E-state index in [4.69, 9.17) is 4.74 Å². The lowest BCUT2D eigenvalue weighted by Crippen LogP contribution is -2.27. The lowest BCUT2D eigenvalue weighted by Gasteiger charge is -2.20. The molecule has 0 unspecified atom stereocenters. The maximum Gasteiger partial charge on any atom is 0.412 e. The van der Waals surface area contributed by atoms with Gasteiger partial charge in [0, 0.05) is 5.56 Å². The van der Waals surface area contributed by atoms with Gasteiger partial charge in [0.2, 0.25) is 0 Å². The molecule has 0 radical (unpaired) electrons. The fourth-order valence-electron chi connectivity index (χ4n) is 1.94. The van der Waals surface area contributed by atoms with Crippen LogP contribution in [0, 0.1) is 0 Å². The first kappa shape index (κ1) is 17.3. The Bertz CT molecular complexity index is 669. The third kappa shape index (κ3) is 5.25. The summed E-state index contributed by atoms with van der Waals surface area (Å²) in [6.45, 7) is 5.47. The number of aromatic nitrogens is 2. The second-order valence-corrected chi connectivity index (χ2v) is 6.84. The molecular formula is C17H21N3O2S. The first-order chi connectivity index (χ1) is 10.9. The van der Waals surface area contributed by atoms with Crippen LogP contribution in [0.5, 0.6) is 0 Å². The van der Waals surface area contributed by atoms with Crippen LogP contribution in [0.1, 0.15) is 26.6 Å². The number of hydrogen-bond acceptors (Lipinski definition) is 5. The van der Waals surface area contributed by atoms with E-state index in [9.17, 15) is 4.79 Å². The van der Waals surface area contributed by atoms with Crippen LogP contribution in [0.15, 0.2) is 36.5 Å². The molecule has 0 saturated heterocycles. The molecule has 122 valence electrons. The minimum Gasteiger partial charge on any atom is -0.444 e. The summed E-state index contributed by atoms with van der Waals surface area (Å²) in [7, 11) is 0. The van der Waals surface area contributed by atoms with Crippen molar-refractivity contribution in [2.75, 3.05) is 11.6 Å². The molecule has 6 heteroatoms. The molecule has 23 heavy (non-hydrogen) atoms. The number of carbonyl (C=O) groups excluding carboxylic acids is 1. The molecule has 5 nitrogen and oxygen atoms in total. The number of nitrogens with one attached hydrogen (secondary N) is 1. The van der Waals surface area contributed by atoms with E-state index in [0.717, 1.165) is 11.4 Å². The average Bonchev–Trinajstić information content (AvgIpc) is 2.48. The summed E-state index contributed by atoms with van der Waals surface area (Å²) < 4.78 is 5.30. The lowest BCUT2D eigenvalue weighted by molar-refractivity contribution is 0.0636. The van der Waals surface area contributed by atoms with Gasteiger partial charge in [-0.2, -0.15) is 11.8 Å². The second kappa shape index (κ2) is 7.46. The van der Waals surface area contributed by atoms with Crippen molar-refractivity contribution in [3.8, 4) is 11.3 Å². The summed E-state index contributed by atoms with van der Waals surface area (Å²) in [5.74, 6) is 1.44. The highest BCUT2D eigenvalue weighted by Gasteiger charge is 2.18. The Morgan fingerprint density at radius 1 is 1.26 bits per heavy atom. The molecule has 0 saturated carbocycles. The maximum absolute atomic E-state index is 12.0. The number of nitrogens with zero attached hydrogens (tertiary/aromatic N) is 2. The van der Waals surface area contributed by atoms with Crippen LogP contribution >= 0.6 is 11.8 Å². The van der Waals surface area contributed by atoms with Crippen LogP contribution in [0.25, 0.3) is 11.3 Å². The number of amides is 1. The molecule has 2 aromatic rings. The molecule has 0 bridgehead atoms. The lowest BCUT2D eigenvalue weighted by atomic mass is 10.1. The predicted octanol–water partition coefficient (Wildman–Crippen LogP) is 4.35. The zero-order valence-corrected chi connectivity index (χ0v) is 14.6. The molecule has 0 aliphatic carbocycles. The summed E-state index contributed by atoms with van der Waals surface area (Å²) in [5, 5.41) is 2.74. The van der Waals surface area contributed by atoms with Gasteiger partial charge < -0.3 is 4.74 Å². The van der Waals surface area contributed by atoms with E-state index in [2.05, 4.69) is 15.3 Å². The van der Waals surface area contributed by atoms with Gasteiger partial charge in [0.05, 0.1) is 23.3 Å². The first-order valence-electron chi connectivity index (χ1n) is 7.29. The molecule has 1 heterocycles. The van der Waals surface area contributed by atoms with Crippen LogP contribution in [0.2, 0.25) is 0 Å². The Morgan fingerprint density at radius 2 is 1.96 bits per heavy atom. The summed E-state index contributed by atoms with van der Waals surface area (Å²) in [6.07, 6.45) is 3.11. The van der Waals surface area contributed by atoms with Gasteiger partial charge >= 0.3 is 6.09 Å². The third-order valence-electron chi connectivity index (χ3n) is 2.79. The minimum atomic E-state index is -0.559. The maximum atomic E-state index is 12.0.